The second-order valence-electron chi connectivity index (χ2n) is 8.46. The van der Waals surface area contributed by atoms with Crippen molar-refractivity contribution in [2.45, 2.75) is 25.0 Å². The topological polar surface area (TPSA) is 104 Å². The second-order valence-corrected chi connectivity index (χ2v) is 8.46. The molecular formula is C23H26N6O3. The molecule has 2 saturated heterocycles. The van der Waals surface area contributed by atoms with E-state index in [1.165, 1.54) is 28.7 Å². The molecule has 9 nitrogen and oxygen atoms in total. The number of anilines is 1. The van der Waals surface area contributed by atoms with Crippen LogP contribution in [-0.4, -0.2) is 69.4 Å². The fourth-order valence-electron chi connectivity index (χ4n) is 4.65. The number of piperidine rings is 1. The van der Waals surface area contributed by atoms with E-state index in [0.29, 0.717) is 19.1 Å². The Morgan fingerprint density at radius 2 is 1.88 bits per heavy atom. The fourth-order valence-corrected chi connectivity index (χ4v) is 4.65. The van der Waals surface area contributed by atoms with Crippen LogP contribution in [0.25, 0.3) is 10.8 Å². The summed E-state index contributed by atoms with van der Waals surface area (Å²) in [5.74, 6) is -0.0461. The van der Waals surface area contributed by atoms with Crippen LogP contribution in [0, 0.1) is 0 Å². The van der Waals surface area contributed by atoms with E-state index in [0.717, 1.165) is 39.0 Å². The van der Waals surface area contributed by atoms with E-state index in [2.05, 4.69) is 43.0 Å². The van der Waals surface area contributed by atoms with Gasteiger partial charge in [0, 0.05) is 56.4 Å². The molecule has 2 aromatic heterocycles. The lowest BCUT2D eigenvalue weighted by Crippen LogP contribution is -2.57. The second kappa shape index (κ2) is 8.78. The van der Waals surface area contributed by atoms with Gasteiger partial charge < -0.3 is 9.64 Å². The number of aromatic nitrogens is 3. The van der Waals surface area contributed by atoms with E-state index in [1.54, 1.807) is 5.48 Å². The maximum Gasteiger partial charge on any atom is 0.277 e. The Labute approximate surface area is 186 Å². The minimum atomic E-state index is -0.622. The van der Waals surface area contributed by atoms with Crippen LogP contribution in [0.4, 0.5) is 5.95 Å². The van der Waals surface area contributed by atoms with E-state index in [9.17, 15) is 4.79 Å². The minimum absolute atomic E-state index is 0.212. The van der Waals surface area contributed by atoms with Crippen LogP contribution in [0.2, 0.25) is 0 Å². The van der Waals surface area contributed by atoms with Gasteiger partial charge in [-0.1, -0.05) is 24.3 Å². The van der Waals surface area contributed by atoms with Gasteiger partial charge >= 0.3 is 0 Å². The molecule has 0 atom stereocenters. The third kappa shape index (κ3) is 4.14. The number of hydrogen-bond acceptors (Lipinski definition) is 8. The maximum absolute atomic E-state index is 11.5. The highest BCUT2D eigenvalue weighted by Gasteiger charge is 2.40. The molecule has 32 heavy (non-hydrogen) atoms. The first-order valence-corrected chi connectivity index (χ1v) is 10.9. The van der Waals surface area contributed by atoms with E-state index >= 15 is 0 Å². The number of carbonyl (C=O) groups excluding carboxylic acids is 1. The molecule has 0 bridgehead atoms. The normalized spacial score (nSPS) is 18.7. The van der Waals surface area contributed by atoms with Gasteiger partial charge in [-0.2, -0.15) is 0 Å². The summed E-state index contributed by atoms with van der Waals surface area (Å²) in [5.41, 5.74) is 2.86. The summed E-state index contributed by atoms with van der Waals surface area (Å²) in [5, 5.41) is 11.2. The lowest BCUT2D eigenvalue weighted by Gasteiger charge is -2.47. The van der Waals surface area contributed by atoms with Gasteiger partial charge in [0.1, 0.15) is 0 Å². The first kappa shape index (κ1) is 20.7. The molecule has 0 unspecified atom stereocenters. The molecular weight excluding hydrogens is 408 g/mol. The fraction of sp³-hybridized carbons (Fsp3) is 0.391. The summed E-state index contributed by atoms with van der Waals surface area (Å²) < 4.78 is 6.27. The monoisotopic (exact) mass is 434 g/mol. The van der Waals surface area contributed by atoms with Crippen LogP contribution in [0.3, 0.4) is 0 Å². The summed E-state index contributed by atoms with van der Waals surface area (Å²) >= 11 is 0. The van der Waals surface area contributed by atoms with Gasteiger partial charge in [-0.15, -0.1) is 0 Å². The van der Waals surface area contributed by atoms with Gasteiger partial charge in [0.05, 0.1) is 24.3 Å². The highest BCUT2D eigenvalue weighted by Crippen LogP contribution is 2.32. The zero-order chi connectivity index (χ0) is 22.0. The summed E-state index contributed by atoms with van der Waals surface area (Å²) in [6, 6.07) is 8.39. The summed E-state index contributed by atoms with van der Waals surface area (Å²) in [6.45, 7) is 4.84. The van der Waals surface area contributed by atoms with Gasteiger partial charge in [0.15, 0.2) is 0 Å². The molecule has 2 aliphatic heterocycles. The number of nitrogens with zero attached hydrogens (tertiary/aromatic N) is 5. The number of benzene rings is 1. The number of morpholine rings is 1. The number of carbonyl (C=O) groups is 1. The summed E-state index contributed by atoms with van der Waals surface area (Å²) in [4.78, 5) is 29.1. The average molecular weight is 435 g/mol. The third-order valence-corrected chi connectivity index (χ3v) is 6.45. The van der Waals surface area contributed by atoms with Crippen LogP contribution >= 0.6 is 0 Å². The van der Waals surface area contributed by atoms with Gasteiger partial charge in [-0.3, -0.25) is 19.9 Å². The molecule has 3 aromatic rings. The predicted molar refractivity (Wildman–Crippen MR) is 118 cm³/mol. The van der Waals surface area contributed by atoms with Gasteiger partial charge in [0.25, 0.3) is 5.91 Å². The predicted octanol–water partition coefficient (Wildman–Crippen LogP) is 2.02. The van der Waals surface area contributed by atoms with Crippen molar-refractivity contribution >= 4 is 22.6 Å². The highest BCUT2D eigenvalue weighted by atomic mass is 16.5. The molecule has 1 amide bonds. The molecule has 2 N–H and O–H groups in total. The highest BCUT2D eigenvalue weighted by molar-refractivity contribution is 5.92. The number of nitrogens with one attached hydrogen (secondary N) is 1. The van der Waals surface area contributed by atoms with Gasteiger partial charge in [-0.05, 0) is 23.8 Å². The van der Waals surface area contributed by atoms with Crippen LogP contribution in [0.1, 0.15) is 28.8 Å². The molecule has 0 radical (unpaired) electrons. The molecule has 0 aliphatic carbocycles. The van der Waals surface area contributed by atoms with Crippen molar-refractivity contribution in [2.24, 2.45) is 0 Å². The Morgan fingerprint density at radius 3 is 2.66 bits per heavy atom. The Kier molecular flexibility index (Phi) is 5.69. The summed E-state index contributed by atoms with van der Waals surface area (Å²) in [6.07, 6.45) is 8.62. The van der Waals surface area contributed by atoms with Crippen LogP contribution in [-0.2, 0) is 11.3 Å². The largest absolute Gasteiger partial charge is 0.371 e. The zero-order valence-electron chi connectivity index (χ0n) is 17.8. The maximum atomic E-state index is 11.5. The van der Waals surface area contributed by atoms with Crippen LogP contribution in [0.5, 0.6) is 0 Å². The van der Waals surface area contributed by atoms with Gasteiger partial charge in [-0.25, -0.2) is 15.4 Å². The van der Waals surface area contributed by atoms with E-state index in [-0.39, 0.29) is 11.2 Å². The lowest BCUT2D eigenvalue weighted by molar-refractivity contribution is -0.0923. The van der Waals surface area contributed by atoms with Gasteiger partial charge in [0.2, 0.25) is 5.95 Å². The van der Waals surface area contributed by atoms with E-state index in [4.69, 9.17) is 9.94 Å². The zero-order valence-corrected chi connectivity index (χ0v) is 17.8. The quantitative estimate of drug-likeness (QED) is 0.475. The molecule has 2 fully saturated rings. The average Bonchev–Trinajstić information content (AvgIpc) is 2.85. The molecule has 166 valence electrons. The lowest BCUT2D eigenvalue weighted by atomic mass is 9.89. The van der Waals surface area contributed by atoms with Crippen LogP contribution in [0.15, 0.2) is 49.1 Å². The molecule has 9 heteroatoms. The third-order valence-electron chi connectivity index (χ3n) is 6.45. The van der Waals surface area contributed by atoms with E-state index in [1.807, 2.05) is 18.5 Å². The van der Waals surface area contributed by atoms with Crippen molar-refractivity contribution in [3.8, 4) is 0 Å². The summed E-state index contributed by atoms with van der Waals surface area (Å²) in [7, 11) is 0. The Balaban J connectivity index is 1.23. The number of likely N-dealkylation sites (tertiary alicyclic amines) is 1. The Morgan fingerprint density at radius 1 is 1.09 bits per heavy atom. The smallest absolute Gasteiger partial charge is 0.277 e. The molecule has 1 aromatic carbocycles. The first-order valence-electron chi connectivity index (χ1n) is 10.9. The van der Waals surface area contributed by atoms with Crippen LogP contribution < -0.4 is 10.4 Å². The van der Waals surface area contributed by atoms with Crippen molar-refractivity contribution in [2.75, 3.05) is 37.7 Å². The Hall–Kier alpha value is -3.14. The van der Waals surface area contributed by atoms with Crippen molar-refractivity contribution < 1.29 is 14.7 Å². The standard InChI is InChI=1S/C23H26N6O3/c30-21(27-31)18-13-25-22(26-14-18)29-9-10-32-23(16-29)5-7-28(8-6-23)15-19-12-24-11-17-3-1-2-4-20(17)19/h1-4,11-14,31H,5-10,15-16H2,(H,27,30). The molecule has 4 heterocycles. The number of ether oxygens (including phenoxy) is 1. The molecule has 0 saturated carbocycles. The van der Waals surface area contributed by atoms with Crippen molar-refractivity contribution in [1.29, 1.82) is 0 Å². The molecule has 1 spiro atoms. The number of fused-ring (bicyclic) bond motifs is 1. The van der Waals surface area contributed by atoms with Crippen molar-refractivity contribution in [3.63, 3.8) is 0 Å². The number of rotatable bonds is 4. The Bertz CT molecular complexity index is 1090. The minimum Gasteiger partial charge on any atom is -0.371 e. The first-order chi connectivity index (χ1) is 15.7. The number of hydrogen-bond donors (Lipinski definition) is 2. The molecule has 2 aliphatic rings. The number of amides is 1. The number of pyridine rings is 1. The van der Waals surface area contributed by atoms with Crippen molar-refractivity contribution in [1.82, 2.24) is 25.3 Å². The molecule has 5 rings (SSSR count). The number of hydroxylamine groups is 1. The van der Waals surface area contributed by atoms with E-state index < -0.39 is 5.91 Å². The SMILES string of the molecule is O=C(NO)c1cnc(N2CCOC3(CCN(Cc4cncc5ccccc45)CC3)C2)nc1. The van der Waals surface area contributed by atoms with Crippen molar-refractivity contribution in [3.05, 3.63) is 60.2 Å².